The minimum absolute atomic E-state index is 0.0266. The van der Waals surface area contributed by atoms with E-state index >= 15 is 0 Å². The molecule has 0 saturated carbocycles. The second kappa shape index (κ2) is 9.07. The fraction of sp³-hybridized carbons (Fsp3) is 0.261. The summed E-state index contributed by atoms with van der Waals surface area (Å²) >= 11 is 0. The lowest BCUT2D eigenvalue weighted by Gasteiger charge is -2.21. The summed E-state index contributed by atoms with van der Waals surface area (Å²) in [6.45, 7) is 3.67. The SMILES string of the molecule is CC(C)[C@H](NC(=O)Cc1ccccc1)C(=O)OCc1cn2ccccc2c1C#N. The van der Waals surface area contributed by atoms with Gasteiger partial charge in [0, 0.05) is 18.0 Å². The molecule has 0 aliphatic rings. The van der Waals surface area contributed by atoms with Crippen molar-refractivity contribution in [3.8, 4) is 6.07 Å². The van der Waals surface area contributed by atoms with Crippen LogP contribution in [0.5, 0.6) is 0 Å². The molecule has 6 nitrogen and oxygen atoms in total. The number of nitrogens with one attached hydrogen (secondary N) is 1. The van der Waals surface area contributed by atoms with Gasteiger partial charge in [0.05, 0.1) is 17.5 Å². The third-order valence-corrected chi connectivity index (χ3v) is 4.69. The summed E-state index contributed by atoms with van der Waals surface area (Å²) in [4.78, 5) is 25.0. The zero-order chi connectivity index (χ0) is 20.8. The summed E-state index contributed by atoms with van der Waals surface area (Å²) in [5, 5.41) is 12.2. The average molecular weight is 389 g/mol. The smallest absolute Gasteiger partial charge is 0.329 e. The van der Waals surface area contributed by atoms with Gasteiger partial charge in [-0.05, 0) is 23.6 Å². The van der Waals surface area contributed by atoms with Crippen LogP contribution in [0.4, 0.5) is 0 Å². The number of carbonyl (C=O) groups is 2. The molecular weight excluding hydrogens is 366 g/mol. The Balaban J connectivity index is 1.66. The van der Waals surface area contributed by atoms with Crippen LogP contribution in [0.15, 0.2) is 60.9 Å². The highest BCUT2D eigenvalue weighted by Gasteiger charge is 2.26. The number of ether oxygens (including phenoxy) is 1. The number of pyridine rings is 1. The number of nitrogens with zero attached hydrogens (tertiary/aromatic N) is 2. The lowest BCUT2D eigenvalue weighted by Crippen LogP contribution is -2.45. The van der Waals surface area contributed by atoms with E-state index < -0.39 is 12.0 Å². The van der Waals surface area contributed by atoms with Crippen molar-refractivity contribution in [2.45, 2.75) is 32.9 Å². The molecule has 3 rings (SSSR count). The van der Waals surface area contributed by atoms with Gasteiger partial charge in [-0.15, -0.1) is 0 Å². The quantitative estimate of drug-likeness (QED) is 0.629. The van der Waals surface area contributed by atoms with Crippen LogP contribution in [0.2, 0.25) is 0 Å². The number of amides is 1. The van der Waals surface area contributed by atoms with Gasteiger partial charge in [0.15, 0.2) is 0 Å². The molecule has 29 heavy (non-hydrogen) atoms. The van der Waals surface area contributed by atoms with Crippen LogP contribution in [-0.2, 0) is 27.4 Å². The Bertz CT molecular complexity index is 1050. The predicted octanol–water partition coefficient (Wildman–Crippen LogP) is 3.24. The molecule has 1 amide bonds. The van der Waals surface area contributed by atoms with Gasteiger partial charge in [-0.3, -0.25) is 4.79 Å². The molecule has 0 radical (unpaired) electrons. The Labute approximate surface area is 169 Å². The maximum atomic E-state index is 12.6. The number of fused-ring (bicyclic) bond motifs is 1. The molecule has 1 atom stereocenters. The van der Waals surface area contributed by atoms with Crippen LogP contribution in [0, 0.1) is 17.2 Å². The van der Waals surface area contributed by atoms with E-state index in [-0.39, 0.29) is 24.9 Å². The molecule has 148 valence electrons. The van der Waals surface area contributed by atoms with Crippen molar-refractivity contribution in [1.29, 1.82) is 5.26 Å². The van der Waals surface area contributed by atoms with E-state index in [0.29, 0.717) is 11.1 Å². The summed E-state index contributed by atoms with van der Waals surface area (Å²) in [6.07, 6.45) is 3.81. The monoisotopic (exact) mass is 389 g/mol. The normalized spacial score (nSPS) is 11.8. The zero-order valence-electron chi connectivity index (χ0n) is 16.5. The maximum Gasteiger partial charge on any atom is 0.329 e. The van der Waals surface area contributed by atoms with E-state index in [9.17, 15) is 14.9 Å². The minimum Gasteiger partial charge on any atom is -0.459 e. The fourth-order valence-electron chi connectivity index (χ4n) is 3.16. The van der Waals surface area contributed by atoms with Gasteiger partial charge < -0.3 is 14.5 Å². The minimum atomic E-state index is -0.756. The van der Waals surface area contributed by atoms with Gasteiger partial charge in [0.25, 0.3) is 0 Å². The van der Waals surface area contributed by atoms with Crippen molar-refractivity contribution in [3.05, 3.63) is 77.6 Å². The number of nitriles is 1. The van der Waals surface area contributed by atoms with Crippen LogP contribution in [0.1, 0.15) is 30.5 Å². The lowest BCUT2D eigenvalue weighted by atomic mass is 10.0. The Morgan fingerprint density at radius 1 is 1.14 bits per heavy atom. The summed E-state index contributed by atoms with van der Waals surface area (Å²) in [5.74, 6) is -0.884. The number of carbonyl (C=O) groups excluding carboxylic acids is 2. The molecule has 0 aliphatic heterocycles. The Hall–Kier alpha value is -3.59. The van der Waals surface area contributed by atoms with Gasteiger partial charge in [-0.25, -0.2) is 4.79 Å². The second-order valence-electron chi connectivity index (χ2n) is 7.19. The number of benzene rings is 1. The highest BCUT2D eigenvalue weighted by molar-refractivity contribution is 5.85. The van der Waals surface area contributed by atoms with Crippen molar-refractivity contribution in [3.63, 3.8) is 0 Å². The van der Waals surface area contributed by atoms with Crippen molar-refractivity contribution >= 4 is 17.4 Å². The molecule has 1 aromatic carbocycles. The van der Waals surface area contributed by atoms with Gasteiger partial charge >= 0.3 is 5.97 Å². The van der Waals surface area contributed by atoms with Crippen LogP contribution < -0.4 is 5.32 Å². The summed E-state index contributed by atoms with van der Waals surface area (Å²) in [5.41, 5.74) is 2.75. The fourth-order valence-corrected chi connectivity index (χ4v) is 3.16. The van der Waals surface area contributed by atoms with Crippen LogP contribution in [0.25, 0.3) is 5.52 Å². The number of hydrogen-bond donors (Lipinski definition) is 1. The molecule has 0 bridgehead atoms. The van der Waals surface area contributed by atoms with E-state index in [0.717, 1.165) is 11.1 Å². The van der Waals surface area contributed by atoms with Crippen molar-refractivity contribution in [1.82, 2.24) is 9.72 Å². The van der Waals surface area contributed by atoms with E-state index in [2.05, 4.69) is 11.4 Å². The largest absolute Gasteiger partial charge is 0.459 e. The molecule has 0 fully saturated rings. The Morgan fingerprint density at radius 3 is 2.55 bits per heavy atom. The first-order valence-corrected chi connectivity index (χ1v) is 9.48. The molecule has 3 aromatic rings. The van der Waals surface area contributed by atoms with Gasteiger partial charge in [0.2, 0.25) is 5.91 Å². The molecule has 0 spiro atoms. The van der Waals surface area contributed by atoms with Crippen LogP contribution in [-0.4, -0.2) is 22.3 Å². The highest BCUT2D eigenvalue weighted by atomic mass is 16.5. The van der Waals surface area contributed by atoms with Crippen molar-refractivity contribution in [2.75, 3.05) is 0 Å². The predicted molar refractivity (Wildman–Crippen MR) is 109 cm³/mol. The van der Waals surface area contributed by atoms with E-state index in [1.807, 2.05) is 73.0 Å². The van der Waals surface area contributed by atoms with E-state index in [4.69, 9.17) is 4.74 Å². The first kappa shape index (κ1) is 20.2. The molecule has 2 heterocycles. The standard InChI is InChI=1S/C23H23N3O3/c1-16(2)22(25-21(27)12-17-8-4-3-5-9-17)23(28)29-15-18-14-26-11-7-6-10-20(26)19(18)13-24/h3-11,14,16,22H,12,15H2,1-2H3,(H,25,27)/t22-/m0/s1. The van der Waals surface area contributed by atoms with Crippen molar-refractivity contribution in [2.24, 2.45) is 5.92 Å². The third kappa shape index (κ3) is 4.82. The second-order valence-corrected chi connectivity index (χ2v) is 7.19. The lowest BCUT2D eigenvalue weighted by molar-refractivity contribution is -0.150. The van der Waals surface area contributed by atoms with E-state index in [1.165, 1.54) is 0 Å². The highest BCUT2D eigenvalue weighted by Crippen LogP contribution is 2.19. The average Bonchev–Trinajstić information content (AvgIpc) is 3.08. The van der Waals surface area contributed by atoms with Crippen molar-refractivity contribution < 1.29 is 14.3 Å². The molecule has 6 heteroatoms. The number of hydrogen-bond acceptors (Lipinski definition) is 4. The van der Waals surface area contributed by atoms with Gasteiger partial charge in [0.1, 0.15) is 18.7 Å². The first-order valence-electron chi connectivity index (χ1n) is 9.48. The number of aromatic nitrogens is 1. The van der Waals surface area contributed by atoms with E-state index in [1.54, 1.807) is 6.20 Å². The molecule has 0 saturated heterocycles. The summed E-state index contributed by atoms with van der Waals surface area (Å²) < 4.78 is 7.28. The molecule has 0 unspecified atom stereocenters. The summed E-state index contributed by atoms with van der Waals surface area (Å²) in [7, 11) is 0. The first-order chi connectivity index (χ1) is 14.0. The summed E-state index contributed by atoms with van der Waals surface area (Å²) in [6, 6.07) is 16.3. The zero-order valence-corrected chi connectivity index (χ0v) is 16.5. The number of esters is 1. The molecular formula is C23H23N3O3. The third-order valence-electron chi connectivity index (χ3n) is 4.69. The Kier molecular flexibility index (Phi) is 6.30. The van der Waals surface area contributed by atoms with Gasteiger partial charge in [-0.1, -0.05) is 50.2 Å². The molecule has 0 aliphatic carbocycles. The maximum absolute atomic E-state index is 12.6. The van der Waals surface area contributed by atoms with Gasteiger partial charge in [-0.2, -0.15) is 5.26 Å². The molecule has 1 N–H and O–H groups in total. The Morgan fingerprint density at radius 2 is 1.86 bits per heavy atom. The van der Waals surface area contributed by atoms with Crippen LogP contribution in [0.3, 0.4) is 0 Å². The topological polar surface area (TPSA) is 83.6 Å². The molecule has 2 aromatic heterocycles. The number of rotatable bonds is 7. The van der Waals surface area contributed by atoms with Crippen LogP contribution >= 0.6 is 0 Å².